The highest BCUT2D eigenvalue weighted by Crippen LogP contribution is 2.65. The summed E-state index contributed by atoms with van der Waals surface area (Å²) in [6.45, 7) is 0. The van der Waals surface area contributed by atoms with Crippen LogP contribution in [0.15, 0.2) is 21.2 Å². The Labute approximate surface area is 119 Å². The zero-order chi connectivity index (χ0) is 12.4. The van der Waals surface area contributed by atoms with Crippen molar-refractivity contribution in [1.82, 2.24) is 0 Å². The Morgan fingerprint density at radius 3 is 1.33 bits per heavy atom. The standard InChI is InChI=1S/C16H20Cl2/c17-13-9-15(5-1-6-15)11(13)3-4-12-14(18)10-16(12)7-2-8-16/h1-10H2. The highest BCUT2D eigenvalue weighted by Gasteiger charge is 2.51. The van der Waals surface area contributed by atoms with Gasteiger partial charge in [0.2, 0.25) is 0 Å². The first-order valence-electron chi connectivity index (χ1n) is 7.41. The Bertz CT molecular complexity index is 417. The van der Waals surface area contributed by atoms with Crippen molar-refractivity contribution >= 4 is 23.2 Å². The van der Waals surface area contributed by atoms with Gasteiger partial charge < -0.3 is 0 Å². The molecule has 0 saturated heterocycles. The minimum Gasteiger partial charge on any atom is -0.0891 e. The molecule has 4 aliphatic rings. The fourth-order valence-electron chi connectivity index (χ4n) is 4.60. The molecule has 98 valence electrons. The van der Waals surface area contributed by atoms with E-state index in [0.717, 1.165) is 0 Å². The lowest BCUT2D eigenvalue weighted by atomic mass is 9.52. The first-order chi connectivity index (χ1) is 8.65. The van der Waals surface area contributed by atoms with Gasteiger partial charge in [-0.15, -0.1) is 0 Å². The predicted octanol–water partition coefficient (Wildman–Crippen LogP) is 5.90. The molecule has 0 radical (unpaired) electrons. The van der Waals surface area contributed by atoms with Gasteiger partial charge in [0.05, 0.1) is 0 Å². The molecule has 4 aliphatic carbocycles. The lowest BCUT2D eigenvalue weighted by Crippen LogP contribution is -2.41. The number of halogens is 2. The van der Waals surface area contributed by atoms with Crippen LogP contribution in [0.5, 0.6) is 0 Å². The lowest BCUT2D eigenvalue weighted by Gasteiger charge is -2.54. The number of hydrogen-bond acceptors (Lipinski definition) is 0. The van der Waals surface area contributed by atoms with Crippen LogP contribution in [0, 0.1) is 10.8 Å². The average molecular weight is 283 g/mol. The third-order valence-electron chi connectivity index (χ3n) is 6.17. The SMILES string of the molecule is ClC1=C(CCC2=C(Cl)CC23CCC3)C2(CCC2)C1. The van der Waals surface area contributed by atoms with E-state index in [0.29, 0.717) is 10.8 Å². The summed E-state index contributed by atoms with van der Waals surface area (Å²) in [5.41, 5.74) is 4.30. The molecule has 0 aromatic rings. The zero-order valence-electron chi connectivity index (χ0n) is 10.8. The summed E-state index contributed by atoms with van der Waals surface area (Å²) in [7, 11) is 0. The van der Waals surface area contributed by atoms with Crippen molar-refractivity contribution < 1.29 is 0 Å². The van der Waals surface area contributed by atoms with E-state index in [4.69, 9.17) is 23.2 Å². The third kappa shape index (κ3) is 1.40. The Hall–Kier alpha value is 0.0600. The van der Waals surface area contributed by atoms with Gasteiger partial charge in [-0.3, -0.25) is 0 Å². The summed E-state index contributed by atoms with van der Waals surface area (Å²) < 4.78 is 0. The molecule has 0 heterocycles. The van der Waals surface area contributed by atoms with E-state index >= 15 is 0 Å². The van der Waals surface area contributed by atoms with Gasteiger partial charge >= 0.3 is 0 Å². The zero-order valence-corrected chi connectivity index (χ0v) is 12.3. The fourth-order valence-corrected chi connectivity index (χ4v) is 5.70. The van der Waals surface area contributed by atoms with Gasteiger partial charge in [-0.2, -0.15) is 0 Å². The second-order valence-electron chi connectivity index (χ2n) is 6.89. The lowest BCUT2D eigenvalue weighted by molar-refractivity contribution is 0.137. The number of rotatable bonds is 3. The molecule has 0 nitrogen and oxygen atoms in total. The maximum Gasteiger partial charge on any atom is 0.0187 e. The molecule has 2 spiro atoms. The van der Waals surface area contributed by atoms with Gasteiger partial charge in [0.25, 0.3) is 0 Å². The molecule has 0 atom stereocenters. The molecule has 0 unspecified atom stereocenters. The Morgan fingerprint density at radius 2 is 1.11 bits per heavy atom. The van der Waals surface area contributed by atoms with Crippen molar-refractivity contribution in [3.63, 3.8) is 0 Å². The first-order valence-corrected chi connectivity index (χ1v) is 8.17. The molecule has 18 heavy (non-hydrogen) atoms. The summed E-state index contributed by atoms with van der Waals surface area (Å²) in [5, 5.41) is 2.35. The fraction of sp³-hybridized carbons (Fsp3) is 0.750. The van der Waals surface area contributed by atoms with E-state index in [1.807, 2.05) is 0 Å². The summed E-state index contributed by atoms with van der Waals surface area (Å²) in [4.78, 5) is 0. The first kappa shape index (κ1) is 11.9. The van der Waals surface area contributed by atoms with Crippen LogP contribution in [0.4, 0.5) is 0 Å². The number of allylic oxidation sites excluding steroid dienone is 4. The van der Waals surface area contributed by atoms with E-state index < -0.39 is 0 Å². The van der Waals surface area contributed by atoms with Crippen molar-refractivity contribution in [3.8, 4) is 0 Å². The largest absolute Gasteiger partial charge is 0.0891 e. The molecular formula is C16H20Cl2. The van der Waals surface area contributed by atoms with Gasteiger partial charge in [-0.25, -0.2) is 0 Å². The maximum atomic E-state index is 6.34. The predicted molar refractivity (Wildman–Crippen MR) is 76.8 cm³/mol. The van der Waals surface area contributed by atoms with E-state index in [9.17, 15) is 0 Å². The van der Waals surface area contributed by atoms with Gasteiger partial charge in [0.1, 0.15) is 0 Å². The quantitative estimate of drug-likeness (QED) is 0.605. The normalized spacial score (nSPS) is 31.0. The second kappa shape index (κ2) is 3.79. The molecule has 0 bridgehead atoms. The Kier molecular flexibility index (Phi) is 2.50. The summed E-state index contributed by atoms with van der Waals surface area (Å²) in [6.07, 6.45) is 13.1. The molecule has 2 heteroatoms. The van der Waals surface area contributed by atoms with E-state index in [1.165, 1.54) is 74.3 Å². The second-order valence-corrected chi connectivity index (χ2v) is 7.80. The van der Waals surface area contributed by atoms with Crippen LogP contribution in [0.2, 0.25) is 0 Å². The van der Waals surface area contributed by atoms with Gasteiger partial charge in [0.15, 0.2) is 0 Å². The van der Waals surface area contributed by atoms with Gasteiger partial charge in [-0.05, 0) is 73.3 Å². The number of hydrogen-bond donors (Lipinski definition) is 0. The van der Waals surface area contributed by atoms with Crippen LogP contribution >= 0.6 is 23.2 Å². The molecule has 0 aliphatic heterocycles. The Balaban J connectivity index is 1.45. The van der Waals surface area contributed by atoms with E-state index in [1.54, 1.807) is 11.1 Å². The van der Waals surface area contributed by atoms with Gasteiger partial charge in [-0.1, -0.05) is 36.0 Å². The van der Waals surface area contributed by atoms with Crippen LogP contribution in [0.25, 0.3) is 0 Å². The highest BCUT2D eigenvalue weighted by atomic mass is 35.5. The molecule has 0 aromatic heterocycles. The maximum absolute atomic E-state index is 6.34. The van der Waals surface area contributed by atoms with E-state index in [-0.39, 0.29) is 0 Å². The molecule has 0 amide bonds. The van der Waals surface area contributed by atoms with Crippen LogP contribution in [0.1, 0.15) is 64.2 Å². The van der Waals surface area contributed by atoms with Crippen molar-refractivity contribution in [2.75, 3.05) is 0 Å². The van der Waals surface area contributed by atoms with Crippen molar-refractivity contribution in [2.24, 2.45) is 10.8 Å². The third-order valence-corrected chi connectivity index (χ3v) is 6.89. The molecular weight excluding hydrogens is 263 g/mol. The topological polar surface area (TPSA) is 0 Å². The van der Waals surface area contributed by atoms with Crippen LogP contribution in [-0.4, -0.2) is 0 Å². The average Bonchev–Trinajstić information content (AvgIpc) is 2.22. The molecule has 0 aromatic carbocycles. The van der Waals surface area contributed by atoms with Crippen LogP contribution in [0.3, 0.4) is 0 Å². The monoisotopic (exact) mass is 282 g/mol. The van der Waals surface area contributed by atoms with Crippen LogP contribution < -0.4 is 0 Å². The molecule has 2 saturated carbocycles. The summed E-state index contributed by atoms with van der Waals surface area (Å²) in [5.74, 6) is 0. The molecule has 4 rings (SSSR count). The summed E-state index contributed by atoms with van der Waals surface area (Å²) in [6, 6.07) is 0. The summed E-state index contributed by atoms with van der Waals surface area (Å²) >= 11 is 12.7. The van der Waals surface area contributed by atoms with Crippen molar-refractivity contribution in [3.05, 3.63) is 21.2 Å². The Morgan fingerprint density at radius 1 is 0.722 bits per heavy atom. The van der Waals surface area contributed by atoms with Crippen LogP contribution in [-0.2, 0) is 0 Å². The van der Waals surface area contributed by atoms with Crippen molar-refractivity contribution in [1.29, 1.82) is 0 Å². The smallest absolute Gasteiger partial charge is 0.0187 e. The minimum atomic E-state index is 0.556. The van der Waals surface area contributed by atoms with Crippen molar-refractivity contribution in [2.45, 2.75) is 64.2 Å². The minimum absolute atomic E-state index is 0.556. The highest BCUT2D eigenvalue weighted by molar-refractivity contribution is 6.31. The van der Waals surface area contributed by atoms with Gasteiger partial charge in [0, 0.05) is 10.1 Å². The molecule has 0 N–H and O–H groups in total. The van der Waals surface area contributed by atoms with E-state index in [2.05, 4.69) is 0 Å². The molecule has 2 fully saturated rings.